The van der Waals surface area contributed by atoms with Crippen LogP contribution in [0.1, 0.15) is 48.8 Å². The van der Waals surface area contributed by atoms with Crippen LogP contribution in [0.5, 0.6) is 0 Å². The number of benzene rings is 2. The highest BCUT2D eigenvalue weighted by molar-refractivity contribution is 6.01. The predicted molar refractivity (Wildman–Crippen MR) is 134 cm³/mol. The highest BCUT2D eigenvalue weighted by Crippen LogP contribution is 2.31. The molecular formula is C27H28N4O3. The molecule has 2 heterocycles. The topological polar surface area (TPSA) is 86.0 Å². The first kappa shape index (κ1) is 23.2. The molecule has 0 unspecified atom stereocenters. The Labute approximate surface area is 197 Å². The Morgan fingerprint density at radius 2 is 1.47 bits per heavy atom. The minimum absolute atomic E-state index is 0.00758. The van der Waals surface area contributed by atoms with Crippen molar-refractivity contribution in [3.8, 4) is 0 Å². The molecule has 34 heavy (non-hydrogen) atoms. The molecule has 0 fully saturated rings. The van der Waals surface area contributed by atoms with E-state index in [1.54, 1.807) is 13.2 Å². The van der Waals surface area contributed by atoms with Crippen molar-refractivity contribution in [2.45, 2.75) is 32.1 Å². The summed E-state index contributed by atoms with van der Waals surface area (Å²) in [5.74, 6) is -0.360. The van der Waals surface area contributed by atoms with Crippen LogP contribution in [-0.4, -0.2) is 20.0 Å². The van der Waals surface area contributed by atoms with Crippen LogP contribution in [-0.2, 0) is 18.9 Å². The van der Waals surface area contributed by atoms with Crippen molar-refractivity contribution >= 4 is 22.6 Å². The molecule has 0 saturated heterocycles. The predicted octanol–water partition coefficient (Wildman–Crippen LogP) is 3.92. The molecule has 174 valence electrons. The maximum absolute atomic E-state index is 13.4. The van der Waals surface area contributed by atoms with E-state index in [0.29, 0.717) is 5.69 Å². The number of fused-ring (bicyclic) bond motifs is 1. The van der Waals surface area contributed by atoms with Gasteiger partial charge in [-0.15, -0.1) is 0 Å². The zero-order chi connectivity index (χ0) is 24.4. The summed E-state index contributed by atoms with van der Waals surface area (Å²) in [6.07, 6.45) is 1.83. The van der Waals surface area contributed by atoms with Gasteiger partial charge in [-0.25, -0.2) is 9.78 Å². The van der Waals surface area contributed by atoms with E-state index in [-0.39, 0.29) is 35.2 Å². The van der Waals surface area contributed by atoms with Gasteiger partial charge in [0.25, 0.3) is 5.56 Å². The van der Waals surface area contributed by atoms with E-state index in [9.17, 15) is 14.4 Å². The fraction of sp³-hybridized carbons (Fsp3) is 0.259. The van der Waals surface area contributed by atoms with E-state index in [2.05, 4.69) is 10.3 Å². The maximum atomic E-state index is 13.4. The number of anilines is 1. The average Bonchev–Trinajstić information content (AvgIpc) is 2.85. The van der Waals surface area contributed by atoms with Gasteiger partial charge in [-0.05, 0) is 22.6 Å². The van der Waals surface area contributed by atoms with Crippen molar-refractivity contribution in [2.75, 3.05) is 5.32 Å². The van der Waals surface area contributed by atoms with E-state index in [1.165, 1.54) is 11.6 Å². The van der Waals surface area contributed by atoms with Crippen LogP contribution in [0.15, 0.2) is 76.4 Å². The molecule has 4 aromatic rings. The smallest absolute Gasteiger partial charge is 0.325 e. The third-order valence-corrected chi connectivity index (χ3v) is 6.18. The highest BCUT2D eigenvalue weighted by atomic mass is 16.2. The Balaban J connectivity index is 1.80. The Kier molecular flexibility index (Phi) is 6.45. The second-order valence-corrected chi connectivity index (χ2v) is 8.77. The zero-order valence-electron chi connectivity index (χ0n) is 19.8. The fourth-order valence-corrected chi connectivity index (χ4v) is 4.29. The first-order valence-electron chi connectivity index (χ1n) is 11.3. The molecule has 0 saturated carbocycles. The lowest BCUT2D eigenvalue weighted by Crippen LogP contribution is -2.38. The number of nitrogens with one attached hydrogen (secondary N) is 1. The number of aromatic nitrogens is 3. The lowest BCUT2D eigenvalue weighted by molar-refractivity contribution is -0.116. The number of carbonyl (C=O) groups is 1. The van der Waals surface area contributed by atoms with E-state index < -0.39 is 11.2 Å². The van der Waals surface area contributed by atoms with E-state index in [0.717, 1.165) is 21.3 Å². The molecule has 0 bridgehead atoms. The highest BCUT2D eigenvalue weighted by Gasteiger charge is 2.23. The van der Waals surface area contributed by atoms with Gasteiger partial charge in [0.2, 0.25) is 5.91 Å². The van der Waals surface area contributed by atoms with Gasteiger partial charge in [0.05, 0.1) is 5.69 Å². The van der Waals surface area contributed by atoms with Crippen molar-refractivity contribution in [3.63, 3.8) is 0 Å². The molecule has 2 aromatic carbocycles. The lowest BCUT2D eigenvalue weighted by Gasteiger charge is -2.20. The van der Waals surface area contributed by atoms with Crippen LogP contribution in [0.3, 0.4) is 0 Å². The van der Waals surface area contributed by atoms with Gasteiger partial charge < -0.3 is 5.32 Å². The molecule has 0 atom stereocenters. The summed E-state index contributed by atoms with van der Waals surface area (Å²) in [7, 11) is 3.00. The normalized spacial score (nSPS) is 11.4. The summed E-state index contributed by atoms with van der Waals surface area (Å²) in [6, 6.07) is 19.8. The molecule has 0 aliphatic heterocycles. The SMILES string of the molecule is CC(C)c1cnc2c(c1NC(=O)CC(c1ccccc1)c1ccccc1)c(=O)n(C)c(=O)n2C. The second-order valence-electron chi connectivity index (χ2n) is 8.77. The summed E-state index contributed by atoms with van der Waals surface area (Å²) in [5, 5.41) is 3.25. The Hall–Kier alpha value is -4.00. The minimum atomic E-state index is -0.480. The van der Waals surface area contributed by atoms with Crippen LogP contribution in [0, 0.1) is 0 Å². The van der Waals surface area contributed by atoms with Crippen molar-refractivity contribution < 1.29 is 4.79 Å². The number of hydrogen-bond acceptors (Lipinski definition) is 4. The molecule has 1 amide bonds. The van der Waals surface area contributed by atoms with E-state index in [4.69, 9.17) is 0 Å². The molecule has 0 aliphatic rings. The minimum Gasteiger partial charge on any atom is -0.325 e. The van der Waals surface area contributed by atoms with Gasteiger partial charge in [-0.3, -0.25) is 18.7 Å². The molecule has 7 heteroatoms. The third-order valence-electron chi connectivity index (χ3n) is 6.18. The summed E-state index contributed by atoms with van der Waals surface area (Å²) in [4.78, 5) is 43.3. The van der Waals surface area contributed by atoms with Crippen LogP contribution in [0.4, 0.5) is 5.69 Å². The summed E-state index contributed by atoms with van der Waals surface area (Å²) in [6.45, 7) is 3.95. The molecule has 7 nitrogen and oxygen atoms in total. The number of carbonyl (C=O) groups excluding carboxylic acids is 1. The van der Waals surface area contributed by atoms with E-state index in [1.807, 2.05) is 74.5 Å². The number of nitrogens with zero attached hydrogens (tertiary/aromatic N) is 3. The standard InChI is InChI=1S/C27H28N4O3/c1-17(2)21-16-28-25-23(26(33)31(4)27(34)30(25)3)24(21)29-22(32)15-20(18-11-7-5-8-12-18)19-13-9-6-10-14-19/h5-14,16-17,20H,15H2,1-4H3,(H,28,29,32). The van der Waals surface area contributed by atoms with E-state index >= 15 is 0 Å². The molecule has 0 spiro atoms. The Morgan fingerprint density at radius 3 is 2.00 bits per heavy atom. The summed E-state index contributed by atoms with van der Waals surface area (Å²) < 4.78 is 2.37. The van der Waals surface area contributed by atoms with Crippen LogP contribution in [0.25, 0.3) is 11.0 Å². The summed E-state index contributed by atoms with van der Waals surface area (Å²) >= 11 is 0. The Bertz CT molecular complexity index is 1420. The van der Waals surface area contributed by atoms with Crippen molar-refractivity contribution in [3.05, 3.63) is 104 Å². The second kappa shape index (κ2) is 9.47. The quantitative estimate of drug-likeness (QED) is 0.477. The number of aryl methyl sites for hydroxylation is 1. The first-order chi connectivity index (χ1) is 16.3. The number of pyridine rings is 1. The van der Waals surface area contributed by atoms with Gasteiger partial charge in [0, 0.05) is 32.6 Å². The van der Waals surface area contributed by atoms with Gasteiger partial charge >= 0.3 is 5.69 Å². The molecule has 0 radical (unpaired) electrons. The molecule has 4 rings (SSSR count). The third kappa shape index (κ3) is 4.29. The van der Waals surface area contributed by atoms with Gasteiger partial charge in [-0.1, -0.05) is 74.5 Å². The molecule has 0 aliphatic carbocycles. The van der Waals surface area contributed by atoms with Gasteiger partial charge in [0.15, 0.2) is 5.65 Å². The summed E-state index contributed by atoms with van der Waals surface area (Å²) in [5.41, 5.74) is 2.53. The van der Waals surface area contributed by atoms with Gasteiger partial charge in [0.1, 0.15) is 5.39 Å². The average molecular weight is 457 g/mol. The maximum Gasteiger partial charge on any atom is 0.332 e. The number of hydrogen-bond donors (Lipinski definition) is 1. The monoisotopic (exact) mass is 456 g/mol. The largest absolute Gasteiger partial charge is 0.332 e. The molecule has 2 aromatic heterocycles. The first-order valence-corrected chi connectivity index (χ1v) is 11.3. The number of amides is 1. The molecular weight excluding hydrogens is 428 g/mol. The van der Waals surface area contributed by atoms with Crippen molar-refractivity contribution in [1.82, 2.24) is 14.1 Å². The molecule has 1 N–H and O–H groups in total. The van der Waals surface area contributed by atoms with Crippen molar-refractivity contribution in [1.29, 1.82) is 0 Å². The lowest BCUT2D eigenvalue weighted by atomic mass is 9.88. The fourth-order valence-electron chi connectivity index (χ4n) is 4.29. The van der Waals surface area contributed by atoms with Crippen LogP contribution in [0.2, 0.25) is 0 Å². The van der Waals surface area contributed by atoms with Crippen molar-refractivity contribution in [2.24, 2.45) is 14.1 Å². The van der Waals surface area contributed by atoms with Crippen LogP contribution < -0.4 is 16.6 Å². The zero-order valence-corrected chi connectivity index (χ0v) is 19.8. The number of rotatable bonds is 6. The van der Waals surface area contributed by atoms with Crippen LogP contribution >= 0.6 is 0 Å². The van der Waals surface area contributed by atoms with Gasteiger partial charge in [-0.2, -0.15) is 0 Å². The Morgan fingerprint density at radius 1 is 0.912 bits per heavy atom.